The third-order valence-corrected chi connectivity index (χ3v) is 7.77. The average Bonchev–Trinajstić information content (AvgIpc) is 3.35. The number of benzene rings is 3. The fourth-order valence-corrected chi connectivity index (χ4v) is 4.97. The lowest BCUT2D eigenvalue weighted by molar-refractivity contribution is 0.00578. The molecular weight excluding hydrogens is 491 g/mol. The summed E-state index contributed by atoms with van der Waals surface area (Å²) < 4.78 is 18.2. The first kappa shape index (κ1) is 26.6. The number of alkyl carbamates (subject to hydrolysis) is 1. The molecule has 1 aliphatic heterocycles. The number of hydrogen-bond donors (Lipinski definition) is 1. The van der Waals surface area contributed by atoms with Gasteiger partial charge in [-0.25, -0.2) is 4.79 Å². The molecule has 198 valence electrons. The minimum absolute atomic E-state index is 0.0306. The second-order valence-corrected chi connectivity index (χ2v) is 10.7. The molecule has 5 rings (SSSR count). The maximum atomic E-state index is 12.9. The van der Waals surface area contributed by atoms with Crippen molar-refractivity contribution < 1.29 is 18.8 Å². The number of amides is 1. The van der Waals surface area contributed by atoms with Crippen LogP contribution in [-0.2, 0) is 14.0 Å². The Morgan fingerprint density at radius 2 is 1.54 bits per heavy atom. The van der Waals surface area contributed by atoms with E-state index >= 15 is 0 Å². The van der Waals surface area contributed by atoms with Gasteiger partial charge in [0.1, 0.15) is 6.61 Å². The molecule has 1 saturated heterocycles. The Bertz CT molecular complexity index is 1420. The highest BCUT2D eigenvalue weighted by Crippen LogP contribution is 2.44. The minimum atomic E-state index is -0.706. The topological polar surface area (TPSA) is 106 Å². The van der Waals surface area contributed by atoms with E-state index in [0.717, 1.165) is 11.1 Å². The normalized spacial score (nSPS) is 17.2. The summed E-state index contributed by atoms with van der Waals surface area (Å²) in [5.74, 6) is -0.0306. The van der Waals surface area contributed by atoms with Gasteiger partial charge in [0.05, 0.1) is 11.2 Å². The van der Waals surface area contributed by atoms with Crippen molar-refractivity contribution in [3.8, 4) is 11.1 Å². The lowest BCUT2D eigenvalue weighted by Gasteiger charge is -2.32. The smallest absolute Gasteiger partial charge is 0.449 e. The first-order chi connectivity index (χ1) is 18.7. The summed E-state index contributed by atoms with van der Waals surface area (Å²) >= 11 is 0. The van der Waals surface area contributed by atoms with E-state index in [0.29, 0.717) is 16.7 Å². The summed E-state index contributed by atoms with van der Waals surface area (Å²) in [5.41, 5.74) is 14.3. The summed E-state index contributed by atoms with van der Waals surface area (Å²) in [5, 5.41) is 6.66. The number of ether oxygens (including phenoxy) is 1. The zero-order chi connectivity index (χ0) is 27.6. The van der Waals surface area contributed by atoms with Crippen molar-refractivity contribution in [3.05, 3.63) is 105 Å². The van der Waals surface area contributed by atoms with Crippen molar-refractivity contribution in [2.24, 2.45) is 5.11 Å². The molecule has 9 heteroatoms. The van der Waals surface area contributed by atoms with E-state index in [4.69, 9.17) is 19.6 Å². The van der Waals surface area contributed by atoms with E-state index in [1.807, 2.05) is 70.2 Å². The molecule has 0 radical (unpaired) electrons. The number of nitrogens with one attached hydrogen (secondary N) is 1. The third kappa shape index (κ3) is 5.29. The Kier molecular flexibility index (Phi) is 7.23. The van der Waals surface area contributed by atoms with Gasteiger partial charge in [-0.3, -0.25) is 0 Å². The highest BCUT2D eigenvalue weighted by Gasteiger charge is 2.52. The van der Waals surface area contributed by atoms with Gasteiger partial charge in [0.2, 0.25) is 0 Å². The highest BCUT2D eigenvalue weighted by molar-refractivity contribution is 6.56. The van der Waals surface area contributed by atoms with Gasteiger partial charge < -0.3 is 19.4 Å². The summed E-state index contributed by atoms with van der Waals surface area (Å²) in [4.78, 5) is 15.8. The molecule has 1 fully saturated rings. The molecule has 3 aromatic rings. The fourth-order valence-electron chi connectivity index (χ4n) is 4.97. The van der Waals surface area contributed by atoms with Crippen LogP contribution in [0.3, 0.4) is 0 Å². The standard InChI is InChI=1S/C30H31BN4O4/c1-29(2)30(3,4)39-31(38-29)21(17-20-11-5-10-16-27(20)34-35-32)18-33-28(36)37-19-26-24-14-8-6-12-22(24)23-13-7-9-15-25(23)26/h5-17,26H,18-19H2,1-4H3,(H,33,36). The molecule has 1 amide bonds. The third-order valence-electron chi connectivity index (χ3n) is 7.77. The first-order valence-electron chi connectivity index (χ1n) is 13.0. The van der Waals surface area contributed by atoms with Crippen molar-refractivity contribution in [2.75, 3.05) is 13.2 Å². The van der Waals surface area contributed by atoms with Gasteiger partial charge in [0, 0.05) is 23.1 Å². The molecule has 2 aliphatic rings. The zero-order valence-electron chi connectivity index (χ0n) is 22.5. The van der Waals surface area contributed by atoms with Crippen LogP contribution < -0.4 is 5.32 Å². The molecule has 1 heterocycles. The van der Waals surface area contributed by atoms with Crippen molar-refractivity contribution in [3.63, 3.8) is 0 Å². The molecule has 0 spiro atoms. The largest absolute Gasteiger partial charge is 0.492 e. The lowest BCUT2D eigenvalue weighted by atomic mass is 9.77. The maximum Gasteiger partial charge on any atom is 0.492 e. The van der Waals surface area contributed by atoms with Crippen LogP contribution in [0.5, 0.6) is 0 Å². The van der Waals surface area contributed by atoms with Crippen LogP contribution >= 0.6 is 0 Å². The quantitative estimate of drug-likeness (QED) is 0.154. The number of carbonyl (C=O) groups excluding carboxylic acids is 1. The predicted molar refractivity (Wildman–Crippen MR) is 152 cm³/mol. The monoisotopic (exact) mass is 522 g/mol. The van der Waals surface area contributed by atoms with Gasteiger partial charge in [0.15, 0.2) is 0 Å². The Labute approximate surface area is 228 Å². The lowest BCUT2D eigenvalue weighted by Crippen LogP contribution is -2.41. The number of nitrogens with zero attached hydrogens (tertiary/aromatic N) is 3. The van der Waals surface area contributed by atoms with Crippen LogP contribution in [0, 0.1) is 0 Å². The molecule has 8 nitrogen and oxygen atoms in total. The number of rotatable bonds is 7. The van der Waals surface area contributed by atoms with E-state index in [2.05, 4.69) is 39.6 Å². The van der Waals surface area contributed by atoms with Crippen LogP contribution in [0.15, 0.2) is 83.4 Å². The molecule has 39 heavy (non-hydrogen) atoms. The molecule has 0 atom stereocenters. The summed E-state index contributed by atoms with van der Waals surface area (Å²) in [6, 6.07) is 23.6. The van der Waals surface area contributed by atoms with Gasteiger partial charge in [-0.1, -0.05) is 84.0 Å². The molecule has 1 N–H and O–H groups in total. The zero-order valence-corrected chi connectivity index (χ0v) is 22.5. The van der Waals surface area contributed by atoms with Gasteiger partial charge in [-0.05, 0) is 66.5 Å². The number of azide groups is 1. The first-order valence-corrected chi connectivity index (χ1v) is 13.0. The molecule has 1 aliphatic carbocycles. The van der Waals surface area contributed by atoms with Crippen LogP contribution in [0.2, 0.25) is 0 Å². The second-order valence-electron chi connectivity index (χ2n) is 10.7. The molecular formula is C30H31BN4O4. The predicted octanol–water partition coefficient (Wildman–Crippen LogP) is 7.18. The van der Waals surface area contributed by atoms with Crippen LogP contribution in [-0.4, -0.2) is 37.6 Å². The summed E-state index contributed by atoms with van der Waals surface area (Å²) in [6.07, 6.45) is 1.29. The van der Waals surface area contributed by atoms with Crippen molar-refractivity contribution in [1.82, 2.24) is 5.32 Å². The number of fused-ring (bicyclic) bond motifs is 3. The summed E-state index contributed by atoms with van der Waals surface area (Å²) in [6.45, 7) is 8.22. The van der Waals surface area contributed by atoms with Gasteiger partial charge in [0.25, 0.3) is 0 Å². The van der Waals surface area contributed by atoms with Gasteiger partial charge in [-0.15, -0.1) is 0 Å². The van der Waals surface area contributed by atoms with E-state index in [-0.39, 0.29) is 19.1 Å². The van der Waals surface area contributed by atoms with Crippen LogP contribution in [0.25, 0.3) is 27.6 Å². The van der Waals surface area contributed by atoms with Crippen LogP contribution in [0.4, 0.5) is 10.5 Å². The number of hydrogen-bond acceptors (Lipinski definition) is 5. The molecule has 0 saturated carbocycles. The minimum Gasteiger partial charge on any atom is -0.449 e. The van der Waals surface area contributed by atoms with Crippen LogP contribution in [0.1, 0.15) is 50.3 Å². The molecule has 0 unspecified atom stereocenters. The highest BCUT2D eigenvalue weighted by atomic mass is 16.7. The Balaban J connectivity index is 1.33. The van der Waals surface area contributed by atoms with E-state index in [9.17, 15) is 4.79 Å². The van der Waals surface area contributed by atoms with E-state index < -0.39 is 24.4 Å². The number of carbonyl (C=O) groups is 1. The Morgan fingerprint density at radius 1 is 0.974 bits per heavy atom. The van der Waals surface area contributed by atoms with E-state index in [1.54, 1.807) is 12.1 Å². The van der Waals surface area contributed by atoms with E-state index in [1.165, 1.54) is 11.1 Å². The van der Waals surface area contributed by atoms with Crippen molar-refractivity contribution >= 4 is 25.0 Å². The average molecular weight is 522 g/mol. The summed E-state index contributed by atoms with van der Waals surface area (Å²) in [7, 11) is -0.706. The SMILES string of the molecule is CC1(C)OB(C(=Cc2ccccc2N=[N+]=[N-])CNC(=O)OCC2c3ccccc3-c3ccccc32)OC1(C)C. The second kappa shape index (κ2) is 10.6. The Hall–Kier alpha value is -4.04. The fraction of sp³-hybridized carbons (Fsp3) is 0.300. The molecule has 0 aromatic heterocycles. The Morgan fingerprint density at radius 3 is 2.15 bits per heavy atom. The van der Waals surface area contributed by atoms with Gasteiger partial charge >= 0.3 is 13.2 Å². The van der Waals surface area contributed by atoms with Gasteiger partial charge in [-0.2, -0.15) is 0 Å². The molecule has 0 bridgehead atoms. The van der Waals surface area contributed by atoms with Crippen molar-refractivity contribution in [2.45, 2.75) is 44.8 Å². The van der Waals surface area contributed by atoms with Crippen molar-refractivity contribution in [1.29, 1.82) is 0 Å². The molecule has 3 aromatic carbocycles. The maximum absolute atomic E-state index is 12.9.